The zero-order valence-corrected chi connectivity index (χ0v) is 22.1. The van der Waals surface area contributed by atoms with Crippen molar-refractivity contribution in [3.63, 3.8) is 0 Å². The van der Waals surface area contributed by atoms with Crippen molar-refractivity contribution in [2.24, 2.45) is 11.8 Å². The number of fused-ring (bicyclic) bond motifs is 4. The van der Waals surface area contributed by atoms with Gasteiger partial charge in [0.15, 0.2) is 5.82 Å². The molecule has 0 aromatic carbocycles. The van der Waals surface area contributed by atoms with E-state index in [-0.39, 0.29) is 71.4 Å². The monoisotopic (exact) mass is 549 g/mol. The molecule has 0 radical (unpaired) electrons. The van der Waals surface area contributed by atoms with Crippen LogP contribution >= 0.6 is 0 Å². The predicted octanol–water partition coefficient (Wildman–Crippen LogP) is 3.96. The summed E-state index contributed by atoms with van der Waals surface area (Å²) in [5.74, 6) is -0.875. The SMILES string of the molecule is COc1cc(-c2cc(C(=O)N3CC4CCC[C@@H]3C[C@H]4C(=O)NC3CCC(OC)(C(F)F)CC3)[nH]n2)c(F)cn1. The average Bonchev–Trinajstić information content (AvgIpc) is 3.23. The normalized spacial score (nSPS) is 28.8. The molecule has 2 saturated heterocycles. The second kappa shape index (κ2) is 11.1. The Kier molecular flexibility index (Phi) is 7.84. The van der Waals surface area contributed by atoms with Crippen molar-refractivity contribution in [1.29, 1.82) is 0 Å². The smallest absolute Gasteiger partial charge is 0.272 e. The van der Waals surface area contributed by atoms with E-state index in [0.29, 0.717) is 25.8 Å². The first-order valence-electron chi connectivity index (χ1n) is 13.4. The summed E-state index contributed by atoms with van der Waals surface area (Å²) in [5.41, 5.74) is -0.738. The van der Waals surface area contributed by atoms with Gasteiger partial charge in [0.1, 0.15) is 11.3 Å². The third-order valence-electron chi connectivity index (χ3n) is 8.78. The highest BCUT2D eigenvalue weighted by Crippen LogP contribution is 2.40. The number of ether oxygens (including phenoxy) is 2. The van der Waals surface area contributed by atoms with E-state index in [1.54, 1.807) is 4.90 Å². The lowest BCUT2D eigenvalue weighted by atomic mass is 9.80. The number of aromatic amines is 1. The second-order valence-corrected chi connectivity index (χ2v) is 10.9. The highest BCUT2D eigenvalue weighted by molar-refractivity contribution is 5.94. The molecule has 2 N–H and O–H groups in total. The van der Waals surface area contributed by atoms with Gasteiger partial charge in [0.2, 0.25) is 11.8 Å². The lowest BCUT2D eigenvalue weighted by Crippen LogP contribution is -2.54. The van der Waals surface area contributed by atoms with Crippen LogP contribution < -0.4 is 10.1 Å². The number of amides is 2. The number of aromatic nitrogens is 3. The molecule has 212 valence electrons. The number of pyridine rings is 1. The quantitative estimate of drug-likeness (QED) is 0.541. The van der Waals surface area contributed by atoms with Gasteiger partial charge in [-0.05, 0) is 56.9 Å². The van der Waals surface area contributed by atoms with Gasteiger partial charge in [-0.1, -0.05) is 6.42 Å². The molecule has 2 aliphatic heterocycles. The first-order chi connectivity index (χ1) is 18.7. The van der Waals surface area contributed by atoms with Crippen molar-refractivity contribution in [3.8, 4) is 17.1 Å². The van der Waals surface area contributed by atoms with Crippen molar-refractivity contribution in [3.05, 3.63) is 29.8 Å². The Bertz CT molecular complexity index is 1200. The van der Waals surface area contributed by atoms with E-state index in [9.17, 15) is 22.8 Å². The van der Waals surface area contributed by atoms with Crippen molar-refractivity contribution in [1.82, 2.24) is 25.4 Å². The molecule has 1 unspecified atom stereocenters. The molecule has 6 rings (SSSR count). The highest BCUT2D eigenvalue weighted by Gasteiger charge is 2.46. The Balaban J connectivity index is 1.23. The van der Waals surface area contributed by atoms with Crippen LogP contribution in [0.3, 0.4) is 0 Å². The summed E-state index contributed by atoms with van der Waals surface area (Å²) in [4.78, 5) is 32.4. The van der Waals surface area contributed by atoms with E-state index in [0.717, 1.165) is 25.5 Å². The molecular weight excluding hydrogens is 515 g/mol. The molecule has 2 bridgehead atoms. The van der Waals surface area contributed by atoms with Crippen LogP contribution in [0, 0.1) is 17.7 Å². The van der Waals surface area contributed by atoms with Gasteiger partial charge in [-0.2, -0.15) is 5.10 Å². The number of nitrogens with one attached hydrogen (secondary N) is 2. The third kappa shape index (κ3) is 5.35. The number of rotatable bonds is 7. The zero-order chi connectivity index (χ0) is 27.7. The first-order valence-corrected chi connectivity index (χ1v) is 13.4. The maximum atomic E-state index is 14.4. The number of methoxy groups -OCH3 is 2. The van der Waals surface area contributed by atoms with Crippen molar-refractivity contribution in [2.45, 2.75) is 75.5 Å². The topological polar surface area (TPSA) is 109 Å². The largest absolute Gasteiger partial charge is 0.481 e. The van der Waals surface area contributed by atoms with Crippen LogP contribution in [0.1, 0.15) is 61.9 Å². The summed E-state index contributed by atoms with van der Waals surface area (Å²) in [5, 5.41) is 9.99. The molecule has 3 atom stereocenters. The van der Waals surface area contributed by atoms with Crippen LogP contribution in [0.25, 0.3) is 11.3 Å². The molecule has 9 nitrogen and oxygen atoms in total. The second-order valence-electron chi connectivity index (χ2n) is 10.9. The fourth-order valence-corrected chi connectivity index (χ4v) is 6.42. The molecular formula is C27H34F3N5O4. The third-order valence-corrected chi connectivity index (χ3v) is 8.78. The highest BCUT2D eigenvalue weighted by atomic mass is 19.3. The first kappa shape index (κ1) is 27.4. The Morgan fingerprint density at radius 3 is 2.64 bits per heavy atom. The molecule has 12 heteroatoms. The predicted molar refractivity (Wildman–Crippen MR) is 135 cm³/mol. The van der Waals surface area contributed by atoms with E-state index in [1.165, 1.54) is 26.4 Å². The number of carbonyl (C=O) groups excluding carboxylic acids is 2. The van der Waals surface area contributed by atoms with Crippen LogP contribution in [-0.4, -0.2) is 76.8 Å². The lowest BCUT2D eigenvalue weighted by molar-refractivity contribution is -0.145. The number of nitrogens with zero attached hydrogens (tertiary/aromatic N) is 3. The molecule has 2 aromatic rings. The maximum absolute atomic E-state index is 14.4. The number of hydrogen-bond donors (Lipinski definition) is 2. The average molecular weight is 550 g/mol. The minimum Gasteiger partial charge on any atom is -0.481 e. The molecule has 0 spiro atoms. The summed E-state index contributed by atoms with van der Waals surface area (Å²) < 4.78 is 51.6. The zero-order valence-electron chi connectivity index (χ0n) is 22.1. The standard InChI is InChI=1S/C27H34F3N5O4/c1-38-23-11-19(20(28)13-31-23)21-12-22(34-33-21)25(37)35-14-15-4-3-5-17(35)10-18(15)24(36)32-16-6-8-27(39-2,9-7-16)26(29)30/h11-13,15-18,26H,3-10,14H2,1-2H3,(H,32,36)(H,33,34)/t15?,16?,17-,18-,27?/m1/s1. The van der Waals surface area contributed by atoms with Gasteiger partial charge in [0, 0.05) is 43.3 Å². The summed E-state index contributed by atoms with van der Waals surface area (Å²) in [6.45, 7) is 0.441. The number of H-pyrrole nitrogens is 1. The Hall–Kier alpha value is -3.15. The van der Waals surface area contributed by atoms with Gasteiger partial charge < -0.3 is 19.7 Å². The molecule has 39 heavy (non-hydrogen) atoms. The number of piperidine rings is 1. The molecule has 2 saturated carbocycles. The lowest BCUT2D eigenvalue weighted by Gasteiger charge is -2.42. The Morgan fingerprint density at radius 2 is 1.95 bits per heavy atom. The molecule has 2 amide bonds. The molecule has 4 aliphatic rings. The molecule has 2 aromatic heterocycles. The summed E-state index contributed by atoms with van der Waals surface area (Å²) >= 11 is 0. The van der Waals surface area contributed by atoms with E-state index < -0.39 is 17.8 Å². The van der Waals surface area contributed by atoms with Crippen LogP contribution in [-0.2, 0) is 9.53 Å². The van der Waals surface area contributed by atoms with E-state index >= 15 is 0 Å². The molecule has 4 heterocycles. The van der Waals surface area contributed by atoms with Gasteiger partial charge in [-0.3, -0.25) is 14.7 Å². The number of alkyl halides is 2. The van der Waals surface area contributed by atoms with Gasteiger partial charge in [-0.15, -0.1) is 0 Å². The van der Waals surface area contributed by atoms with Gasteiger partial charge in [0.05, 0.1) is 19.0 Å². The molecule has 4 fully saturated rings. The van der Waals surface area contributed by atoms with Crippen molar-refractivity contribution < 1.29 is 32.2 Å². The van der Waals surface area contributed by atoms with Crippen molar-refractivity contribution in [2.75, 3.05) is 20.8 Å². The summed E-state index contributed by atoms with van der Waals surface area (Å²) in [6.07, 6.45) is 2.86. The van der Waals surface area contributed by atoms with E-state index in [2.05, 4.69) is 20.5 Å². The minimum absolute atomic E-state index is 0.000263. The number of halogens is 3. The fourth-order valence-electron chi connectivity index (χ4n) is 6.42. The Labute approximate surface area is 224 Å². The van der Waals surface area contributed by atoms with Crippen molar-refractivity contribution >= 4 is 11.8 Å². The van der Waals surface area contributed by atoms with Crippen LogP contribution in [0.2, 0.25) is 0 Å². The van der Waals surface area contributed by atoms with Crippen LogP contribution in [0.4, 0.5) is 13.2 Å². The van der Waals surface area contributed by atoms with Gasteiger partial charge in [0.25, 0.3) is 12.3 Å². The van der Waals surface area contributed by atoms with E-state index in [4.69, 9.17) is 9.47 Å². The maximum Gasteiger partial charge on any atom is 0.272 e. The van der Waals surface area contributed by atoms with Gasteiger partial charge >= 0.3 is 0 Å². The Morgan fingerprint density at radius 1 is 1.18 bits per heavy atom. The number of carbonyl (C=O) groups is 2. The summed E-state index contributed by atoms with van der Waals surface area (Å²) in [6, 6.07) is 2.68. The van der Waals surface area contributed by atoms with Crippen LogP contribution in [0.5, 0.6) is 5.88 Å². The van der Waals surface area contributed by atoms with E-state index in [1.807, 2.05) is 0 Å². The fraction of sp³-hybridized carbons (Fsp3) is 0.630. The van der Waals surface area contributed by atoms with Crippen LogP contribution in [0.15, 0.2) is 18.3 Å². The summed E-state index contributed by atoms with van der Waals surface area (Å²) in [7, 11) is 2.75. The molecule has 2 aliphatic carbocycles. The van der Waals surface area contributed by atoms with Gasteiger partial charge in [-0.25, -0.2) is 18.2 Å². The number of hydrogen-bond acceptors (Lipinski definition) is 6. The minimum atomic E-state index is -2.56.